The number of aromatic nitrogens is 2. The number of nitrogens with zero attached hydrogens (tertiary/aromatic N) is 3. The molecular formula is C21H27N3O. The first kappa shape index (κ1) is 16.6. The van der Waals surface area contributed by atoms with E-state index in [2.05, 4.69) is 59.8 Å². The molecule has 0 N–H and O–H groups in total. The van der Waals surface area contributed by atoms with E-state index in [9.17, 15) is 0 Å². The minimum Gasteiger partial charge on any atom is -0.370 e. The average molecular weight is 337 g/mol. The summed E-state index contributed by atoms with van der Waals surface area (Å²) in [5.41, 5.74) is 3.63. The highest BCUT2D eigenvalue weighted by Gasteiger charge is 2.43. The molecule has 132 valence electrons. The molecule has 2 aromatic rings. The number of likely N-dealkylation sites (tertiary alicyclic amines) is 1. The van der Waals surface area contributed by atoms with Gasteiger partial charge >= 0.3 is 0 Å². The van der Waals surface area contributed by atoms with Gasteiger partial charge in [-0.25, -0.2) is 4.68 Å². The molecule has 1 atom stereocenters. The van der Waals surface area contributed by atoms with Crippen LogP contribution < -0.4 is 0 Å². The van der Waals surface area contributed by atoms with E-state index in [0.717, 1.165) is 44.6 Å². The van der Waals surface area contributed by atoms with Gasteiger partial charge in [-0.3, -0.25) is 4.90 Å². The molecule has 2 aliphatic rings. The fourth-order valence-electron chi connectivity index (χ4n) is 4.31. The third-order valence-electron chi connectivity index (χ3n) is 5.73. The Morgan fingerprint density at radius 1 is 1.20 bits per heavy atom. The van der Waals surface area contributed by atoms with Crippen molar-refractivity contribution in [2.45, 2.75) is 44.8 Å². The molecule has 2 aliphatic heterocycles. The van der Waals surface area contributed by atoms with E-state index in [1.54, 1.807) is 0 Å². The predicted molar refractivity (Wildman–Crippen MR) is 100.0 cm³/mol. The van der Waals surface area contributed by atoms with Crippen LogP contribution in [0.5, 0.6) is 0 Å². The maximum absolute atomic E-state index is 6.37. The van der Waals surface area contributed by atoms with Crippen LogP contribution in [0.3, 0.4) is 0 Å². The zero-order valence-corrected chi connectivity index (χ0v) is 15.2. The Labute approximate surface area is 150 Å². The third-order valence-corrected chi connectivity index (χ3v) is 5.73. The summed E-state index contributed by atoms with van der Waals surface area (Å²) in [6.07, 6.45) is 9.49. The van der Waals surface area contributed by atoms with Crippen LogP contribution >= 0.6 is 0 Å². The third kappa shape index (κ3) is 2.94. The van der Waals surface area contributed by atoms with Gasteiger partial charge in [0, 0.05) is 31.1 Å². The summed E-state index contributed by atoms with van der Waals surface area (Å²) in [4.78, 5) is 2.55. The van der Waals surface area contributed by atoms with E-state index in [1.807, 2.05) is 12.3 Å². The summed E-state index contributed by atoms with van der Waals surface area (Å²) in [5.74, 6) is 0. The van der Waals surface area contributed by atoms with E-state index >= 15 is 0 Å². The van der Waals surface area contributed by atoms with Gasteiger partial charge in [0.05, 0.1) is 29.8 Å². The Bertz CT molecular complexity index is 742. The van der Waals surface area contributed by atoms with Crippen LogP contribution in [-0.2, 0) is 16.8 Å². The minimum atomic E-state index is -0.146. The zero-order chi connectivity index (χ0) is 17.3. The van der Waals surface area contributed by atoms with Crippen molar-refractivity contribution in [2.24, 2.45) is 0 Å². The summed E-state index contributed by atoms with van der Waals surface area (Å²) < 4.78 is 8.48. The summed E-state index contributed by atoms with van der Waals surface area (Å²) in [6, 6.07) is 10.9. The molecule has 4 heteroatoms. The topological polar surface area (TPSA) is 30.3 Å². The highest BCUT2D eigenvalue weighted by Crippen LogP contribution is 2.42. The number of allylic oxidation sites excluding steroid dienone is 1. The number of para-hydroxylation sites is 1. The lowest BCUT2D eigenvalue weighted by Gasteiger charge is -2.45. The summed E-state index contributed by atoms with van der Waals surface area (Å²) in [7, 11) is 0. The zero-order valence-electron chi connectivity index (χ0n) is 15.2. The molecule has 1 aromatic heterocycles. The molecule has 1 unspecified atom stereocenters. The standard InChI is InChI=1S/C21H27N3O/c1-3-7-17(2)23-13-11-21(12-14-23)19-16-22-24(20(19)10-15-25-21)18-8-5-4-6-9-18/h3-9,16-17H,10-15H2,1-2H3. The molecule has 1 spiro atoms. The molecule has 1 aromatic carbocycles. The van der Waals surface area contributed by atoms with Gasteiger partial charge in [-0.05, 0) is 38.8 Å². The second-order valence-corrected chi connectivity index (χ2v) is 7.15. The molecule has 0 bridgehead atoms. The SMILES string of the molecule is CC=CC(C)N1CCC2(CC1)OCCc1c2cnn1-c1ccccc1. The van der Waals surface area contributed by atoms with Gasteiger partial charge < -0.3 is 4.74 Å². The van der Waals surface area contributed by atoms with Crippen LogP contribution in [0.15, 0.2) is 48.7 Å². The lowest BCUT2D eigenvalue weighted by molar-refractivity contribution is -0.100. The number of piperidine rings is 1. The monoisotopic (exact) mass is 337 g/mol. The Kier molecular flexibility index (Phi) is 4.48. The van der Waals surface area contributed by atoms with Crippen LogP contribution in [-0.4, -0.2) is 40.4 Å². The molecule has 1 fully saturated rings. The van der Waals surface area contributed by atoms with E-state index in [0.29, 0.717) is 6.04 Å². The van der Waals surface area contributed by atoms with E-state index < -0.39 is 0 Å². The fraction of sp³-hybridized carbons (Fsp3) is 0.476. The van der Waals surface area contributed by atoms with Crippen molar-refractivity contribution in [3.05, 3.63) is 59.9 Å². The number of hydrogen-bond donors (Lipinski definition) is 0. The normalized spacial score (nSPS) is 21.5. The lowest BCUT2D eigenvalue weighted by atomic mass is 9.82. The molecule has 4 nitrogen and oxygen atoms in total. The Hall–Kier alpha value is -1.91. The molecule has 0 saturated carbocycles. The van der Waals surface area contributed by atoms with Crippen molar-refractivity contribution in [3.8, 4) is 5.69 Å². The molecular weight excluding hydrogens is 310 g/mol. The van der Waals surface area contributed by atoms with Crippen molar-refractivity contribution in [1.82, 2.24) is 14.7 Å². The van der Waals surface area contributed by atoms with E-state index in [1.165, 1.54) is 11.3 Å². The maximum atomic E-state index is 6.37. The molecule has 0 aliphatic carbocycles. The van der Waals surface area contributed by atoms with Crippen LogP contribution in [0.4, 0.5) is 0 Å². The molecule has 0 amide bonds. The second-order valence-electron chi connectivity index (χ2n) is 7.15. The van der Waals surface area contributed by atoms with Crippen LogP contribution in [0.25, 0.3) is 5.69 Å². The minimum absolute atomic E-state index is 0.146. The molecule has 4 rings (SSSR count). The fourth-order valence-corrected chi connectivity index (χ4v) is 4.31. The molecule has 1 saturated heterocycles. The van der Waals surface area contributed by atoms with Crippen LogP contribution in [0.1, 0.15) is 37.9 Å². The first-order chi connectivity index (χ1) is 12.2. The summed E-state index contributed by atoms with van der Waals surface area (Å²) in [5, 5.41) is 4.71. The Morgan fingerprint density at radius 2 is 1.96 bits per heavy atom. The lowest BCUT2D eigenvalue weighted by Crippen LogP contribution is -2.48. The number of benzene rings is 1. The average Bonchev–Trinajstić information content (AvgIpc) is 3.09. The van der Waals surface area contributed by atoms with Crippen molar-refractivity contribution in [2.75, 3.05) is 19.7 Å². The van der Waals surface area contributed by atoms with Crippen LogP contribution in [0, 0.1) is 0 Å². The van der Waals surface area contributed by atoms with Gasteiger partial charge in [-0.1, -0.05) is 30.4 Å². The Balaban J connectivity index is 1.60. The van der Waals surface area contributed by atoms with Gasteiger partial charge in [0.1, 0.15) is 0 Å². The quantitative estimate of drug-likeness (QED) is 0.800. The number of hydrogen-bond acceptors (Lipinski definition) is 3. The van der Waals surface area contributed by atoms with Crippen LogP contribution in [0.2, 0.25) is 0 Å². The Morgan fingerprint density at radius 3 is 2.68 bits per heavy atom. The van der Waals surface area contributed by atoms with Gasteiger partial charge in [-0.2, -0.15) is 5.10 Å². The predicted octanol–water partition coefficient (Wildman–Crippen LogP) is 3.70. The first-order valence-corrected chi connectivity index (χ1v) is 9.37. The van der Waals surface area contributed by atoms with E-state index in [4.69, 9.17) is 9.84 Å². The number of fused-ring (bicyclic) bond motifs is 2. The van der Waals surface area contributed by atoms with Crippen molar-refractivity contribution in [1.29, 1.82) is 0 Å². The number of rotatable bonds is 3. The molecule has 3 heterocycles. The first-order valence-electron chi connectivity index (χ1n) is 9.37. The van der Waals surface area contributed by atoms with Gasteiger partial charge in [0.2, 0.25) is 0 Å². The molecule has 25 heavy (non-hydrogen) atoms. The van der Waals surface area contributed by atoms with Gasteiger partial charge in [0.15, 0.2) is 0 Å². The maximum Gasteiger partial charge on any atom is 0.0989 e. The highest BCUT2D eigenvalue weighted by molar-refractivity contribution is 5.38. The van der Waals surface area contributed by atoms with Gasteiger partial charge in [-0.15, -0.1) is 0 Å². The molecule has 0 radical (unpaired) electrons. The van der Waals surface area contributed by atoms with Gasteiger partial charge in [0.25, 0.3) is 0 Å². The highest BCUT2D eigenvalue weighted by atomic mass is 16.5. The largest absolute Gasteiger partial charge is 0.370 e. The second kappa shape index (κ2) is 6.77. The van der Waals surface area contributed by atoms with Crippen molar-refractivity contribution in [3.63, 3.8) is 0 Å². The van der Waals surface area contributed by atoms with Crippen molar-refractivity contribution < 1.29 is 4.74 Å². The summed E-state index contributed by atoms with van der Waals surface area (Å²) in [6.45, 7) is 7.30. The summed E-state index contributed by atoms with van der Waals surface area (Å²) >= 11 is 0. The van der Waals surface area contributed by atoms with Crippen molar-refractivity contribution >= 4 is 0 Å². The smallest absolute Gasteiger partial charge is 0.0989 e. The number of ether oxygens (including phenoxy) is 1. The van der Waals surface area contributed by atoms with E-state index in [-0.39, 0.29) is 5.60 Å².